The van der Waals surface area contributed by atoms with Crippen LogP contribution in [0.1, 0.15) is 24.0 Å². The first kappa shape index (κ1) is 14.5. The fourth-order valence-corrected chi connectivity index (χ4v) is 1.84. The third-order valence-corrected chi connectivity index (χ3v) is 2.82. The summed E-state index contributed by atoms with van der Waals surface area (Å²) in [4.78, 5) is 0. The van der Waals surface area contributed by atoms with Crippen LogP contribution in [0.2, 0.25) is 0 Å². The fourth-order valence-electron chi connectivity index (χ4n) is 1.84. The molecular formula is C15H17F2NO2. The number of ether oxygens (including phenoxy) is 1. The number of aryl methyl sites for hydroxylation is 1. The van der Waals surface area contributed by atoms with Crippen LogP contribution in [-0.4, -0.2) is 6.54 Å². The second kappa shape index (κ2) is 6.52. The lowest BCUT2D eigenvalue weighted by molar-refractivity contribution is 0.263. The van der Waals surface area contributed by atoms with Crippen LogP contribution >= 0.6 is 0 Å². The van der Waals surface area contributed by atoms with Crippen LogP contribution in [0.15, 0.2) is 28.7 Å². The van der Waals surface area contributed by atoms with E-state index in [1.807, 2.05) is 19.9 Å². The van der Waals surface area contributed by atoms with Gasteiger partial charge in [-0.25, -0.2) is 8.78 Å². The lowest BCUT2D eigenvalue weighted by atomic mass is 10.2. The van der Waals surface area contributed by atoms with Crippen molar-refractivity contribution in [2.24, 2.45) is 0 Å². The summed E-state index contributed by atoms with van der Waals surface area (Å²) in [7, 11) is 0. The number of hydrogen-bond donors (Lipinski definition) is 1. The molecule has 20 heavy (non-hydrogen) atoms. The zero-order valence-electron chi connectivity index (χ0n) is 11.5. The van der Waals surface area contributed by atoms with E-state index in [2.05, 4.69) is 5.32 Å². The molecule has 2 aromatic rings. The Kier molecular flexibility index (Phi) is 4.74. The average molecular weight is 281 g/mol. The predicted octanol–water partition coefficient (Wildman–Crippen LogP) is 3.55. The van der Waals surface area contributed by atoms with Gasteiger partial charge in [0.15, 0.2) is 0 Å². The van der Waals surface area contributed by atoms with Gasteiger partial charge in [-0.15, -0.1) is 0 Å². The predicted molar refractivity (Wildman–Crippen MR) is 71.5 cm³/mol. The topological polar surface area (TPSA) is 34.4 Å². The van der Waals surface area contributed by atoms with E-state index in [-0.39, 0.29) is 12.4 Å². The highest BCUT2D eigenvalue weighted by atomic mass is 19.1. The first-order chi connectivity index (χ1) is 9.58. The van der Waals surface area contributed by atoms with Crippen LogP contribution in [0.5, 0.6) is 5.75 Å². The van der Waals surface area contributed by atoms with E-state index in [1.165, 1.54) is 0 Å². The highest BCUT2D eigenvalue weighted by Crippen LogP contribution is 2.19. The lowest BCUT2D eigenvalue weighted by Gasteiger charge is -2.04. The second-order valence-electron chi connectivity index (χ2n) is 4.49. The van der Waals surface area contributed by atoms with Gasteiger partial charge in [-0.2, -0.15) is 0 Å². The van der Waals surface area contributed by atoms with Crippen molar-refractivity contribution in [2.45, 2.75) is 27.0 Å². The third kappa shape index (κ3) is 3.81. The molecule has 0 saturated heterocycles. The highest BCUT2D eigenvalue weighted by Gasteiger charge is 2.08. The Bertz CT molecular complexity index is 561. The molecule has 1 aromatic carbocycles. The highest BCUT2D eigenvalue weighted by molar-refractivity contribution is 5.25. The quantitative estimate of drug-likeness (QED) is 0.879. The minimum atomic E-state index is -0.663. The van der Waals surface area contributed by atoms with E-state index in [0.717, 1.165) is 36.1 Å². The molecular weight excluding hydrogens is 264 g/mol. The van der Waals surface area contributed by atoms with Crippen LogP contribution in [0.3, 0.4) is 0 Å². The number of nitrogens with one attached hydrogen (secondary N) is 1. The minimum Gasteiger partial charge on any atom is -0.485 e. The van der Waals surface area contributed by atoms with Gasteiger partial charge in [0.05, 0.1) is 6.54 Å². The molecule has 0 amide bonds. The van der Waals surface area contributed by atoms with Gasteiger partial charge >= 0.3 is 0 Å². The average Bonchev–Trinajstić information content (AvgIpc) is 2.73. The summed E-state index contributed by atoms with van der Waals surface area (Å²) in [5.74, 6) is 0.285. The van der Waals surface area contributed by atoms with Crippen molar-refractivity contribution in [2.75, 3.05) is 6.54 Å². The van der Waals surface area contributed by atoms with Gasteiger partial charge in [0, 0.05) is 18.2 Å². The molecule has 5 heteroatoms. The smallest absolute Gasteiger partial charge is 0.146 e. The number of rotatable bonds is 6. The third-order valence-electron chi connectivity index (χ3n) is 2.82. The maximum absolute atomic E-state index is 13.0. The Hall–Kier alpha value is -1.88. The summed E-state index contributed by atoms with van der Waals surface area (Å²) >= 11 is 0. The molecule has 1 heterocycles. The Morgan fingerprint density at radius 2 is 1.85 bits per heavy atom. The number of hydrogen-bond acceptors (Lipinski definition) is 3. The van der Waals surface area contributed by atoms with E-state index in [1.54, 1.807) is 0 Å². The van der Waals surface area contributed by atoms with Gasteiger partial charge in [-0.1, -0.05) is 6.92 Å². The number of halogens is 2. The van der Waals surface area contributed by atoms with Crippen LogP contribution < -0.4 is 10.1 Å². The Labute approximate surface area is 116 Å². The van der Waals surface area contributed by atoms with Crippen LogP contribution in [0, 0.1) is 18.6 Å². The first-order valence-corrected chi connectivity index (χ1v) is 6.46. The van der Waals surface area contributed by atoms with Crippen molar-refractivity contribution >= 4 is 0 Å². The molecule has 108 valence electrons. The van der Waals surface area contributed by atoms with E-state index in [4.69, 9.17) is 9.15 Å². The zero-order valence-corrected chi connectivity index (χ0v) is 11.5. The fraction of sp³-hybridized carbons (Fsp3) is 0.333. The van der Waals surface area contributed by atoms with Crippen molar-refractivity contribution in [1.82, 2.24) is 5.32 Å². The maximum Gasteiger partial charge on any atom is 0.146 e. The molecule has 2 rings (SSSR count). The van der Waals surface area contributed by atoms with Crippen molar-refractivity contribution in [3.63, 3.8) is 0 Å². The SMILES string of the molecule is CCNCc1oc(COc2cc(F)cc(F)c2)cc1C. The van der Waals surface area contributed by atoms with Crippen molar-refractivity contribution in [3.8, 4) is 5.75 Å². The molecule has 0 aliphatic heterocycles. The largest absolute Gasteiger partial charge is 0.485 e. The number of furan rings is 1. The molecule has 0 unspecified atom stereocenters. The van der Waals surface area contributed by atoms with Gasteiger partial charge in [0.25, 0.3) is 0 Å². The Morgan fingerprint density at radius 1 is 1.15 bits per heavy atom. The Morgan fingerprint density at radius 3 is 2.50 bits per heavy atom. The minimum absolute atomic E-state index is 0.135. The second-order valence-corrected chi connectivity index (χ2v) is 4.49. The van der Waals surface area contributed by atoms with Crippen molar-refractivity contribution < 1.29 is 17.9 Å². The summed E-state index contributed by atoms with van der Waals surface area (Å²) < 4.78 is 37.0. The van der Waals surface area contributed by atoms with E-state index < -0.39 is 11.6 Å². The van der Waals surface area contributed by atoms with E-state index >= 15 is 0 Å². The van der Waals surface area contributed by atoms with E-state index in [0.29, 0.717) is 12.3 Å². The van der Waals surface area contributed by atoms with Crippen LogP contribution in [-0.2, 0) is 13.2 Å². The normalized spacial score (nSPS) is 10.8. The summed E-state index contributed by atoms with van der Waals surface area (Å²) in [6.45, 7) is 5.60. The summed E-state index contributed by atoms with van der Waals surface area (Å²) in [6, 6.07) is 4.94. The summed E-state index contributed by atoms with van der Waals surface area (Å²) in [6.07, 6.45) is 0. The molecule has 0 atom stereocenters. The molecule has 1 aromatic heterocycles. The summed E-state index contributed by atoms with van der Waals surface area (Å²) in [5, 5.41) is 3.17. The van der Waals surface area contributed by atoms with Gasteiger partial charge in [-0.3, -0.25) is 0 Å². The molecule has 0 aliphatic rings. The van der Waals surface area contributed by atoms with Gasteiger partial charge < -0.3 is 14.5 Å². The standard InChI is InChI=1S/C15H17F2NO2/c1-3-18-8-15-10(2)4-14(20-15)9-19-13-6-11(16)5-12(17)7-13/h4-7,18H,3,8-9H2,1-2H3. The molecule has 0 bridgehead atoms. The van der Waals surface area contributed by atoms with Gasteiger partial charge in [0.1, 0.15) is 35.5 Å². The molecule has 3 nitrogen and oxygen atoms in total. The molecule has 0 radical (unpaired) electrons. The van der Waals surface area contributed by atoms with Crippen molar-refractivity contribution in [3.05, 3.63) is 53.0 Å². The zero-order chi connectivity index (χ0) is 14.5. The molecule has 1 N–H and O–H groups in total. The molecule has 0 spiro atoms. The molecule has 0 fully saturated rings. The first-order valence-electron chi connectivity index (χ1n) is 6.46. The van der Waals surface area contributed by atoms with Crippen LogP contribution in [0.25, 0.3) is 0 Å². The van der Waals surface area contributed by atoms with E-state index in [9.17, 15) is 8.78 Å². The van der Waals surface area contributed by atoms with Crippen LogP contribution in [0.4, 0.5) is 8.78 Å². The van der Waals surface area contributed by atoms with Gasteiger partial charge in [0.2, 0.25) is 0 Å². The van der Waals surface area contributed by atoms with Gasteiger partial charge in [-0.05, 0) is 25.1 Å². The Balaban J connectivity index is 2.00. The number of benzene rings is 1. The summed E-state index contributed by atoms with van der Waals surface area (Å²) in [5.41, 5.74) is 1.02. The van der Waals surface area contributed by atoms with Crippen molar-refractivity contribution in [1.29, 1.82) is 0 Å². The molecule has 0 aliphatic carbocycles. The molecule has 0 saturated carbocycles. The monoisotopic (exact) mass is 281 g/mol. The maximum atomic E-state index is 13.0. The lowest BCUT2D eigenvalue weighted by Crippen LogP contribution is -2.11.